The minimum Gasteiger partial charge on any atom is -0.369 e. The number of hydrogen-bond acceptors (Lipinski definition) is 6. The van der Waals surface area contributed by atoms with Gasteiger partial charge in [-0.2, -0.15) is 0 Å². The molecule has 8 heteroatoms. The van der Waals surface area contributed by atoms with Gasteiger partial charge in [0, 0.05) is 19.3 Å². The fraction of sp³-hybridized carbons (Fsp3) is 0.455. The van der Waals surface area contributed by atoms with Crippen molar-refractivity contribution in [2.45, 2.75) is 47.0 Å². The number of thiocarbonyl (C=S) groups is 1. The molecule has 1 aliphatic heterocycles. The number of amides is 1. The first-order valence-corrected chi connectivity index (χ1v) is 11.6. The maximum atomic E-state index is 13.3. The zero-order chi connectivity index (χ0) is 21.8. The molecule has 1 fully saturated rings. The molecule has 0 radical (unpaired) electrons. The van der Waals surface area contributed by atoms with E-state index in [1.54, 1.807) is 17.2 Å². The van der Waals surface area contributed by atoms with E-state index in [1.165, 1.54) is 16.2 Å². The Hall–Kier alpha value is -2.19. The highest BCUT2D eigenvalue weighted by Crippen LogP contribution is 2.33. The number of thioether (sulfide) groups is 1. The number of anilines is 1. The Morgan fingerprint density at radius 2 is 2.07 bits per heavy atom. The van der Waals surface area contributed by atoms with Crippen molar-refractivity contribution in [3.8, 4) is 0 Å². The summed E-state index contributed by atoms with van der Waals surface area (Å²) in [6.45, 7) is 9.52. The van der Waals surface area contributed by atoms with Crippen molar-refractivity contribution in [2.24, 2.45) is 5.92 Å². The number of aromatic nitrogens is 2. The zero-order valence-electron chi connectivity index (χ0n) is 17.9. The van der Waals surface area contributed by atoms with E-state index in [0.717, 1.165) is 24.8 Å². The minimum absolute atomic E-state index is 0.135. The van der Waals surface area contributed by atoms with Crippen molar-refractivity contribution in [3.05, 3.63) is 44.7 Å². The summed E-state index contributed by atoms with van der Waals surface area (Å²) in [6, 6.07) is 3.75. The molecule has 1 saturated heterocycles. The van der Waals surface area contributed by atoms with Crippen LogP contribution in [0.3, 0.4) is 0 Å². The third-order valence-corrected chi connectivity index (χ3v) is 6.27. The van der Waals surface area contributed by atoms with Crippen molar-refractivity contribution in [1.29, 1.82) is 0 Å². The molecule has 2 aromatic heterocycles. The Kier molecular flexibility index (Phi) is 7.31. The third-order valence-electron chi connectivity index (χ3n) is 4.90. The standard InChI is InChI=1S/C22H28N4O2S2/c1-5-6-7-10-26-21(28)17(30-22(26)29)12-16-18(23-13-14(2)3)24-19-15(4)9-8-11-25(19)20(16)27/h8-9,11-12,14,23H,5-7,10,13H2,1-4H3. The number of hydrogen-bond donors (Lipinski definition) is 1. The Bertz CT molecular complexity index is 1060. The normalized spacial score (nSPS) is 15.8. The van der Waals surface area contributed by atoms with Crippen LogP contribution in [-0.4, -0.2) is 37.6 Å². The predicted molar refractivity (Wildman–Crippen MR) is 129 cm³/mol. The molecule has 0 aromatic carbocycles. The summed E-state index contributed by atoms with van der Waals surface area (Å²) >= 11 is 6.67. The molecular formula is C22H28N4O2S2. The summed E-state index contributed by atoms with van der Waals surface area (Å²) in [7, 11) is 0. The maximum absolute atomic E-state index is 13.3. The number of fused-ring (bicyclic) bond motifs is 1. The average molecular weight is 445 g/mol. The van der Waals surface area contributed by atoms with Crippen molar-refractivity contribution in [3.63, 3.8) is 0 Å². The first-order valence-electron chi connectivity index (χ1n) is 10.3. The summed E-state index contributed by atoms with van der Waals surface area (Å²) in [6.07, 6.45) is 6.39. The SMILES string of the molecule is CCCCCN1C(=O)C(=Cc2c(NCC(C)C)nc3c(C)cccn3c2=O)SC1=S. The van der Waals surface area contributed by atoms with Crippen LogP contribution >= 0.6 is 24.0 Å². The number of nitrogens with zero attached hydrogens (tertiary/aromatic N) is 3. The smallest absolute Gasteiger partial charge is 0.267 e. The molecular weight excluding hydrogens is 416 g/mol. The van der Waals surface area contributed by atoms with Gasteiger partial charge in [-0.05, 0) is 37.0 Å². The van der Waals surface area contributed by atoms with E-state index >= 15 is 0 Å². The fourth-order valence-electron chi connectivity index (χ4n) is 3.22. The summed E-state index contributed by atoms with van der Waals surface area (Å²) < 4.78 is 2.08. The molecule has 0 unspecified atom stereocenters. The topological polar surface area (TPSA) is 66.7 Å². The van der Waals surface area contributed by atoms with Gasteiger partial charge in [0.1, 0.15) is 15.8 Å². The molecule has 0 aliphatic carbocycles. The van der Waals surface area contributed by atoms with Crippen LogP contribution in [0.4, 0.5) is 5.82 Å². The van der Waals surface area contributed by atoms with E-state index in [-0.39, 0.29) is 11.5 Å². The molecule has 0 saturated carbocycles. The van der Waals surface area contributed by atoms with Crippen LogP contribution in [0, 0.1) is 12.8 Å². The van der Waals surface area contributed by atoms with Crippen molar-refractivity contribution >= 4 is 51.7 Å². The van der Waals surface area contributed by atoms with Crippen LogP contribution in [0.2, 0.25) is 0 Å². The quantitative estimate of drug-likeness (QED) is 0.368. The number of carbonyl (C=O) groups excluding carboxylic acids is 1. The number of aryl methyl sites for hydroxylation is 1. The second-order valence-electron chi connectivity index (χ2n) is 7.88. The molecule has 1 aliphatic rings. The molecule has 6 nitrogen and oxygen atoms in total. The maximum Gasteiger partial charge on any atom is 0.267 e. The second kappa shape index (κ2) is 9.75. The highest BCUT2D eigenvalue weighted by Gasteiger charge is 2.32. The van der Waals surface area contributed by atoms with Crippen LogP contribution in [0.15, 0.2) is 28.0 Å². The van der Waals surface area contributed by atoms with E-state index in [0.29, 0.717) is 45.3 Å². The minimum atomic E-state index is -0.203. The number of pyridine rings is 1. The summed E-state index contributed by atoms with van der Waals surface area (Å²) in [5, 5.41) is 3.29. The molecule has 30 heavy (non-hydrogen) atoms. The zero-order valence-corrected chi connectivity index (χ0v) is 19.5. The van der Waals surface area contributed by atoms with Gasteiger partial charge in [0.2, 0.25) is 0 Å². The molecule has 0 bridgehead atoms. The average Bonchev–Trinajstić information content (AvgIpc) is 2.97. The van der Waals surface area contributed by atoms with Gasteiger partial charge in [-0.1, -0.05) is 63.7 Å². The van der Waals surface area contributed by atoms with E-state index in [9.17, 15) is 9.59 Å². The van der Waals surface area contributed by atoms with E-state index in [1.807, 2.05) is 19.1 Å². The lowest BCUT2D eigenvalue weighted by atomic mass is 10.2. The summed E-state index contributed by atoms with van der Waals surface area (Å²) in [5.41, 5.74) is 1.70. The Morgan fingerprint density at radius 3 is 2.77 bits per heavy atom. The van der Waals surface area contributed by atoms with Gasteiger partial charge < -0.3 is 5.32 Å². The number of carbonyl (C=O) groups is 1. The Morgan fingerprint density at radius 1 is 1.30 bits per heavy atom. The van der Waals surface area contributed by atoms with Crippen molar-refractivity contribution < 1.29 is 4.79 Å². The van der Waals surface area contributed by atoms with Gasteiger partial charge in [-0.25, -0.2) is 4.98 Å². The van der Waals surface area contributed by atoms with Crippen LogP contribution in [0.1, 0.15) is 51.2 Å². The Labute approximate surface area is 186 Å². The lowest BCUT2D eigenvalue weighted by Crippen LogP contribution is -2.29. The van der Waals surface area contributed by atoms with Crippen LogP contribution < -0.4 is 10.9 Å². The van der Waals surface area contributed by atoms with Crippen molar-refractivity contribution in [2.75, 3.05) is 18.4 Å². The summed E-state index contributed by atoms with van der Waals surface area (Å²) in [4.78, 5) is 33.0. The van der Waals surface area contributed by atoms with E-state index in [2.05, 4.69) is 26.1 Å². The summed E-state index contributed by atoms with van der Waals surface area (Å²) in [5.74, 6) is 0.746. The molecule has 3 heterocycles. The fourth-order valence-corrected chi connectivity index (χ4v) is 4.51. The van der Waals surface area contributed by atoms with Gasteiger partial charge in [-0.3, -0.25) is 18.9 Å². The van der Waals surface area contributed by atoms with Crippen LogP contribution in [0.5, 0.6) is 0 Å². The molecule has 160 valence electrons. The first kappa shape index (κ1) is 22.5. The molecule has 3 rings (SSSR count). The second-order valence-corrected chi connectivity index (χ2v) is 9.56. The van der Waals surface area contributed by atoms with Crippen LogP contribution in [0.25, 0.3) is 11.7 Å². The highest BCUT2D eigenvalue weighted by molar-refractivity contribution is 8.26. The number of unbranched alkanes of at least 4 members (excludes halogenated alkanes) is 2. The van der Waals surface area contributed by atoms with Gasteiger partial charge in [0.15, 0.2) is 0 Å². The van der Waals surface area contributed by atoms with Crippen LogP contribution in [-0.2, 0) is 4.79 Å². The van der Waals surface area contributed by atoms with E-state index in [4.69, 9.17) is 17.2 Å². The number of nitrogens with one attached hydrogen (secondary N) is 1. The highest BCUT2D eigenvalue weighted by atomic mass is 32.2. The molecule has 2 aromatic rings. The molecule has 1 N–H and O–H groups in total. The largest absolute Gasteiger partial charge is 0.369 e. The lowest BCUT2D eigenvalue weighted by Gasteiger charge is -2.14. The first-order chi connectivity index (χ1) is 14.3. The van der Waals surface area contributed by atoms with Gasteiger partial charge in [0.25, 0.3) is 11.5 Å². The van der Waals surface area contributed by atoms with Gasteiger partial charge in [0.05, 0.1) is 10.5 Å². The van der Waals surface area contributed by atoms with Gasteiger partial charge >= 0.3 is 0 Å². The third kappa shape index (κ3) is 4.75. The predicted octanol–water partition coefficient (Wildman–Crippen LogP) is 4.46. The molecule has 1 amide bonds. The lowest BCUT2D eigenvalue weighted by molar-refractivity contribution is -0.122. The van der Waals surface area contributed by atoms with Crippen molar-refractivity contribution in [1.82, 2.24) is 14.3 Å². The Balaban J connectivity index is 2.05. The van der Waals surface area contributed by atoms with E-state index < -0.39 is 0 Å². The molecule has 0 atom stereocenters. The molecule has 0 spiro atoms. The number of rotatable bonds is 8. The monoisotopic (exact) mass is 444 g/mol. The van der Waals surface area contributed by atoms with Gasteiger partial charge in [-0.15, -0.1) is 0 Å².